The van der Waals surface area contributed by atoms with Gasteiger partial charge in [0, 0.05) is 35.2 Å². The number of para-hydroxylation sites is 4. The molecule has 2 aromatic rings. The van der Waals surface area contributed by atoms with E-state index in [0.29, 0.717) is 8.97 Å². The van der Waals surface area contributed by atoms with Gasteiger partial charge in [-0.1, -0.05) is 24.3 Å². The largest absolute Gasteiger partial charge is 0.427 e. The minimum atomic E-state index is 0.533. The van der Waals surface area contributed by atoms with Crippen LogP contribution in [0.1, 0.15) is 0 Å². The van der Waals surface area contributed by atoms with Crippen molar-refractivity contribution < 1.29 is 0 Å². The molecule has 0 aliphatic heterocycles. The monoisotopic (exact) mass is 297 g/mol. The molecule has 2 aromatic carbocycles. The highest BCUT2D eigenvalue weighted by molar-refractivity contribution is 5.81. The zero-order valence-corrected chi connectivity index (χ0v) is 14.4. The molecule has 0 radical (unpaired) electrons. The molecule has 0 spiro atoms. The fourth-order valence-corrected chi connectivity index (χ4v) is 2.65. The summed E-state index contributed by atoms with van der Waals surface area (Å²) in [6.07, 6.45) is 0. The first-order valence-electron chi connectivity index (χ1n) is 7.42. The Hall–Kier alpha value is -1.84. The highest BCUT2D eigenvalue weighted by atomic mass is 15.3. The Balaban J connectivity index is 2.58. The molecule has 0 N–H and O–H groups in total. The molecule has 0 atom stereocenters. The van der Waals surface area contributed by atoms with Gasteiger partial charge in [0.05, 0.1) is 0 Å². The lowest BCUT2D eigenvalue weighted by Gasteiger charge is -2.38. The van der Waals surface area contributed by atoms with Gasteiger partial charge in [-0.25, -0.2) is 0 Å². The number of benzene rings is 2. The average Bonchev–Trinajstić information content (AvgIpc) is 2.45. The van der Waals surface area contributed by atoms with Crippen LogP contribution in [-0.2, 0) is 0 Å². The van der Waals surface area contributed by atoms with E-state index in [1.54, 1.807) is 0 Å². The lowest BCUT2D eigenvalue weighted by atomic mass is 10.1. The van der Waals surface area contributed by atoms with Crippen molar-refractivity contribution in [2.24, 2.45) is 0 Å². The molecule has 0 aliphatic carbocycles. The normalized spacial score (nSPS) is 12.3. The van der Waals surface area contributed by atoms with Gasteiger partial charge in [0.25, 0.3) is 0 Å². The molecule has 2 rings (SSSR count). The van der Waals surface area contributed by atoms with Crippen molar-refractivity contribution in [2.45, 2.75) is 0 Å². The lowest BCUT2D eigenvalue weighted by molar-refractivity contribution is 0.530. The molecule has 3 heteroatoms. The van der Waals surface area contributed by atoms with Gasteiger partial charge < -0.3 is 13.9 Å². The molecule has 0 fully saturated rings. The van der Waals surface area contributed by atoms with Crippen molar-refractivity contribution in [2.75, 3.05) is 40.1 Å². The van der Waals surface area contributed by atoms with Crippen LogP contribution in [0, 0.1) is 14.1 Å². The van der Waals surface area contributed by atoms with Crippen LogP contribution < -0.4 is 13.9 Å². The summed E-state index contributed by atoms with van der Waals surface area (Å²) in [4.78, 5) is 2.22. The van der Waals surface area contributed by atoms with E-state index >= 15 is 0 Å². The van der Waals surface area contributed by atoms with Crippen LogP contribution in [0.25, 0.3) is 0 Å². The predicted octanol–water partition coefficient (Wildman–Crippen LogP) is 4.17. The van der Waals surface area contributed by atoms with Gasteiger partial charge in [0.2, 0.25) is 0 Å². The van der Waals surface area contributed by atoms with Crippen molar-refractivity contribution in [3.05, 3.63) is 62.6 Å². The highest BCUT2D eigenvalue weighted by Gasteiger charge is 2.21. The Morgan fingerprint density at radius 2 is 1.00 bits per heavy atom. The minimum absolute atomic E-state index is 0.533. The number of rotatable bonds is 4. The summed E-state index contributed by atoms with van der Waals surface area (Å²) in [6.45, 7) is 0. The van der Waals surface area contributed by atoms with Crippen LogP contribution in [0.5, 0.6) is 0 Å². The molecular weight excluding hydrogens is 270 g/mol. The summed E-state index contributed by atoms with van der Waals surface area (Å²) in [6, 6.07) is 16.8. The van der Waals surface area contributed by atoms with E-state index in [1.807, 2.05) is 0 Å². The van der Waals surface area contributed by atoms with Crippen LogP contribution in [0.4, 0.5) is 22.7 Å². The summed E-state index contributed by atoms with van der Waals surface area (Å²) in [5.74, 6) is 0. The third kappa shape index (κ3) is 3.32. The van der Waals surface area contributed by atoms with E-state index in [1.165, 1.54) is 11.4 Å². The molecule has 0 aromatic heterocycles. The summed E-state index contributed by atoms with van der Waals surface area (Å²) in [5, 5.41) is 0. The van der Waals surface area contributed by atoms with E-state index in [4.69, 9.17) is 0 Å². The third-order valence-electron chi connectivity index (χ3n) is 3.79. The van der Waals surface area contributed by atoms with E-state index in [2.05, 4.69) is 103 Å². The second-order valence-corrected chi connectivity index (χ2v) is 6.91. The molecule has 3 nitrogen and oxygen atoms in total. The Bertz CT molecular complexity index is 591. The molecule has 0 amide bonds. The molecule has 0 unspecified atom stereocenters. The Morgan fingerprint density at radius 3 is 1.32 bits per heavy atom. The van der Waals surface area contributed by atoms with Crippen molar-refractivity contribution in [3.8, 4) is 0 Å². The maximum atomic E-state index is 4.24. The maximum absolute atomic E-state index is 4.24. The summed E-state index contributed by atoms with van der Waals surface area (Å²) in [7, 11) is 18.9. The zero-order chi connectivity index (χ0) is 16.5. The number of quaternary nitrogens is 2. The van der Waals surface area contributed by atoms with Crippen LogP contribution in [-0.4, -0.2) is 35.2 Å². The number of hydrogen-bond donors (Lipinski definition) is 0. The van der Waals surface area contributed by atoms with Gasteiger partial charge in [-0.2, -0.15) is 0 Å². The summed E-state index contributed by atoms with van der Waals surface area (Å²) >= 11 is 0. The van der Waals surface area contributed by atoms with Gasteiger partial charge in [-0.05, 0) is 24.3 Å². The Labute approximate surface area is 135 Å². The quantitative estimate of drug-likeness (QED) is 0.605. The fourth-order valence-electron chi connectivity index (χ4n) is 2.65. The minimum Gasteiger partial charge on any atom is -0.427 e. The highest BCUT2D eigenvalue weighted by Crippen LogP contribution is 2.39. The SMILES string of the molecule is [CH2-][N+](C)(C)c1ccccc1N(C)c1ccccc1[N+]([CH2-])(C)C. The van der Waals surface area contributed by atoms with Crippen LogP contribution >= 0.6 is 0 Å². The second-order valence-electron chi connectivity index (χ2n) is 6.91. The molecule has 118 valence electrons. The molecule has 0 saturated heterocycles. The number of anilines is 2. The molecule has 22 heavy (non-hydrogen) atoms. The smallest absolute Gasteiger partial charge is 0.130 e. The van der Waals surface area contributed by atoms with E-state index in [9.17, 15) is 0 Å². The average molecular weight is 297 g/mol. The third-order valence-corrected chi connectivity index (χ3v) is 3.79. The maximum Gasteiger partial charge on any atom is 0.130 e. The Kier molecular flexibility index (Phi) is 4.32. The number of nitrogens with zero attached hydrogens (tertiary/aromatic N) is 3. The Morgan fingerprint density at radius 1 is 0.682 bits per heavy atom. The van der Waals surface area contributed by atoms with Gasteiger partial charge >= 0.3 is 0 Å². The molecule has 0 heterocycles. The van der Waals surface area contributed by atoms with Crippen molar-refractivity contribution >= 4 is 22.7 Å². The van der Waals surface area contributed by atoms with Gasteiger partial charge in [-0.15, -0.1) is 14.1 Å². The van der Waals surface area contributed by atoms with Gasteiger partial charge in [-0.3, -0.25) is 0 Å². The van der Waals surface area contributed by atoms with Crippen LogP contribution in [0.15, 0.2) is 48.5 Å². The van der Waals surface area contributed by atoms with Crippen molar-refractivity contribution in [1.82, 2.24) is 8.97 Å². The first-order valence-corrected chi connectivity index (χ1v) is 7.42. The fraction of sp³-hybridized carbons (Fsp3) is 0.263. The van der Waals surface area contributed by atoms with E-state index in [0.717, 1.165) is 11.4 Å². The van der Waals surface area contributed by atoms with Gasteiger partial charge in [0.1, 0.15) is 22.7 Å². The summed E-state index contributed by atoms with van der Waals surface area (Å²) < 4.78 is 1.07. The van der Waals surface area contributed by atoms with Crippen LogP contribution in [0.2, 0.25) is 0 Å². The molecule has 0 aliphatic rings. The topological polar surface area (TPSA) is 3.24 Å². The van der Waals surface area contributed by atoms with E-state index < -0.39 is 0 Å². The van der Waals surface area contributed by atoms with Crippen molar-refractivity contribution in [1.29, 1.82) is 0 Å². The molecule has 0 saturated carbocycles. The summed E-state index contributed by atoms with van der Waals surface area (Å²) in [5.41, 5.74) is 4.66. The molecular formula is C19H27N3. The van der Waals surface area contributed by atoms with Gasteiger partial charge in [0.15, 0.2) is 0 Å². The van der Waals surface area contributed by atoms with Crippen LogP contribution in [0.3, 0.4) is 0 Å². The first kappa shape index (κ1) is 16.5. The standard InChI is InChI=1S/C19H27N3/c1-20(16-12-8-10-14-18(16)21(2,3)4)17-13-9-11-15-19(17)22(5,6)7/h8-15H,2,5H2,1,3-4,6-7H3. The molecule has 0 bridgehead atoms. The first-order chi connectivity index (χ1) is 10.1. The lowest BCUT2D eigenvalue weighted by Crippen LogP contribution is -2.35. The van der Waals surface area contributed by atoms with E-state index in [-0.39, 0.29) is 0 Å². The van der Waals surface area contributed by atoms with Crippen molar-refractivity contribution in [3.63, 3.8) is 0 Å². The zero-order valence-electron chi connectivity index (χ0n) is 14.4. The second kappa shape index (κ2) is 5.75. The predicted molar refractivity (Wildman–Crippen MR) is 98.9 cm³/mol. The number of hydrogen-bond acceptors (Lipinski definition) is 1.